The van der Waals surface area contributed by atoms with Crippen molar-refractivity contribution in [1.82, 2.24) is 4.98 Å². The van der Waals surface area contributed by atoms with Crippen LogP contribution in [0, 0.1) is 0 Å². The van der Waals surface area contributed by atoms with Crippen molar-refractivity contribution in [3.63, 3.8) is 0 Å². The smallest absolute Gasteiger partial charge is 0.274 e. The first kappa shape index (κ1) is 19.8. The number of aromatic nitrogens is 1. The minimum absolute atomic E-state index is 0. The van der Waals surface area contributed by atoms with Crippen LogP contribution >= 0.6 is 40.1 Å². The van der Waals surface area contributed by atoms with Crippen molar-refractivity contribution in [3.8, 4) is 0 Å². The van der Waals surface area contributed by atoms with Crippen LogP contribution < -0.4 is 11.1 Å². The number of halogens is 2. The lowest BCUT2D eigenvalue weighted by atomic mass is 9.89. The van der Waals surface area contributed by atoms with Crippen molar-refractivity contribution >= 4 is 56.9 Å². The average Bonchev–Trinajstić information content (AvgIpc) is 2.55. The van der Waals surface area contributed by atoms with E-state index in [1.165, 1.54) is 0 Å². The van der Waals surface area contributed by atoms with Crippen molar-refractivity contribution in [2.75, 3.05) is 11.1 Å². The quantitative estimate of drug-likeness (QED) is 0.748. The average molecular weight is 442 g/mol. The number of carbonyl (C=O) groups is 1. The Morgan fingerprint density at radius 3 is 2.84 bits per heavy atom. The maximum absolute atomic E-state index is 12.3. The van der Waals surface area contributed by atoms with Crippen molar-refractivity contribution in [2.45, 2.75) is 18.9 Å². The molecule has 132 valence electrons. The molecule has 1 aromatic heterocycles. The van der Waals surface area contributed by atoms with Crippen LogP contribution in [-0.2, 0) is 5.54 Å². The fraction of sp³-hybridized carbons (Fsp3) is 0.235. The Balaban J connectivity index is 0.00000225. The molecule has 1 aromatic carbocycles. The second-order valence-electron chi connectivity index (χ2n) is 5.72. The zero-order chi connectivity index (χ0) is 17.2. The van der Waals surface area contributed by atoms with E-state index in [9.17, 15) is 4.79 Å². The maximum atomic E-state index is 12.3. The number of aliphatic imine (C=N–C) groups is 1. The van der Waals surface area contributed by atoms with Gasteiger partial charge in [0.1, 0.15) is 5.69 Å². The summed E-state index contributed by atoms with van der Waals surface area (Å²) in [7, 11) is 0. The second kappa shape index (κ2) is 8.21. The lowest BCUT2D eigenvalue weighted by Gasteiger charge is -2.30. The number of benzene rings is 1. The molecular weight excluding hydrogens is 424 g/mol. The van der Waals surface area contributed by atoms with Crippen LogP contribution in [0.4, 0.5) is 5.69 Å². The molecule has 2 aromatic rings. The van der Waals surface area contributed by atoms with Gasteiger partial charge in [0.05, 0.1) is 5.54 Å². The van der Waals surface area contributed by atoms with Gasteiger partial charge in [-0.3, -0.25) is 9.79 Å². The highest BCUT2D eigenvalue weighted by Crippen LogP contribution is 2.35. The van der Waals surface area contributed by atoms with Crippen LogP contribution in [-0.4, -0.2) is 21.8 Å². The monoisotopic (exact) mass is 440 g/mol. The number of hydrogen-bond donors (Lipinski definition) is 2. The Kier molecular flexibility index (Phi) is 6.48. The van der Waals surface area contributed by atoms with E-state index in [4.69, 9.17) is 5.73 Å². The van der Waals surface area contributed by atoms with E-state index in [2.05, 4.69) is 38.1 Å². The highest BCUT2D eigenvalue weighted by molar-refractivity contribution is 9.10. The molecule has 3 rings (SSSR count). The van der Waals surface area contributed by atoms with Crippen molar-refractivity contribution < 1.29 is 4.79 Å². The van der Waals surface area contributed by atoms with Gasteiger partial charge in [-0.1, -0.05) is 23.9 Å². The van der Waals surface area contributed by atoms with Gasteiger partial charge in [0.25, 0.3) is 5.91 Å². The summed E-state index contributed by atoms with van der Waals surface area (Å²) in [5.74, 6) is 0.692. The van der Waals surface area contributed by atoms with E-state index in [0.717, 1.165) is 27.9 Å². The highest BCUT2D eigenvalue weighted by atomic mass is 79.9. The van der Waals surface area contributed by atoms with Crippen molar-refractivity contribution in [1.29, 1.82) is 0 Å². The molecule has 25 heavy (non-hydrogen) atoms. The standard InChI is InChI=1S/C17H17BrN4OS.ClH/c1-17(7-8-24-16(19)22-17)11-3-2-4-13(9-11)21-15(23)14-6-5-12(18)10-20-14;/h2-6,9-10H,7-8H2,1H3,(H2,19,22)(H,21,23);1H. The van der Waals surface area contributed by atoms with Gasteiger partial charge in [-0.2, -0.15) is 0 Å². The fourth-order valence-electron chi connectivity index (χ4n) is 2.53. The number of pyridine rings is 1. The number of nitrogens with two attached hydrogens (primary N) is 1. The van der Waals surface area contributed by atoms with Gasteiger partial charge < -0.3 is 11.1 Å². The third kappa shape index (κ3) is 4.74. The molecule has 8 heteroatoms. The number of thioether (sulfide) groups is 1. The summed E-state index contributed by atoms with van der Waals surface area (Å²) in [4.78, 5) is 21.0. The molecule has 5 nitrogen and oxygen atoms in total. The molecule has 0 radical (unpaired) electrons. The zero-order valence-corrected chi connectivity index (χ0v) is 16.7. The number of anilines is 1. The third-order valence-corrected chi connectivity index (χ3v) is 5.16. The molecule has 0 fully saturated rings. The Morgan fingerprint density at radius 1 is 1.36 bits per heavy atom. The summed E-state index contributed by atoms with van der Waals surface area (Å²) in [5, 5.41) is 3.49. The lowest BCUT2D eigenvalue weighted by Crippen LogP contribution is -2.28. The molecule has 1 unspecified atom stereocenters. The van der Waals surface area contributed by atoms with Gasteiger partial charge in [-0.25, -0.2) is 4.98 Å². The molecule has 1 atom stereocenters. The van der Waals surface area contributed by atoms with E-state index in [1.807, 2.05) is 24.3 Å². The van der Waals surface area contributed by atoms with Gasteiger partial charge in [-0.05, 0) is 59.1 Å². The minimum atomic E-state index is -0.355. The van der Waals surface area contributed by atoms with Gasteiger partial charge in [0.2, 0.25) is 0 Å². The van der Waals surface area contributed by atoms with Gasteiger partial charge in [0, 0.05) is 22.1 Å². The number of hydrogen-bond acceptors (Lipinski definition) is 5. The molecule has 0 bridgehead atoms. The van der Waals surface area contributed by atoms with Crippen molar-refractivity contribution in [3.05, 3.63) is 58.3 Å². The molecule has 0 aliphatic carbocycles. The Bertz CT molecular complexity index is 799. The normalized spacial score (nSPS) is 19.5. The first-order valence-corrected chi connectivity index (χ1v) is 9.26. The zero-order valence-electron chi connectivity index (χ0n) is 13.5. The molecule has 0 saturated heterocycles. The number of nitrogens with one attached hydrogen (secondary N) is 1. The number of rotatable bonds is 3. The van der Waals surface area contributed by atoms with Gasteiger partial charge in [-0.15, -0.1) is 12.4 Å². The number of nitrogens with zero attached hydrogens (tertiary/aromatic N) is 2. The lowest BCUT2D eigenvalue weighted by molar-refractivity contribution is 0.102. The minimum Gasteiger partial charge on any atom is -0.379 e. The maximum Gasteiger partial charge on any atom is 0.274 e. The number of amidine groups is 1. The summed E-state index contributed by atoms with van der Waals surface area (Å²) in [5.41, 5.74) is 7.65. The molecule has 0 spiro atoms. The summed E-state index contributed by atoms with van der Waals surface area (Å²) in [6, 6.07) is 11.2. The Labute approximate surface area is 165 Å². The predicted octanol–water partition coefficient (Wildman–Crippen LogP) is 4.19. The van der Waals surface area contributed by atoms with E-state index in [0.29, 0.717) is 10.9 Å². The summed E-state index contributed by atoms with van der Waals surface area (Å²) in [6.07, 6.45) is 2.51. The largest absolute Gasteiger partial charge is 0.379 e. The van der Waals surface area contributed by atoms with Gasteiger partial charge in [0.15, 0.2) is 5.17 Å². The van der Waals surface area contributed by atoms with Crippen LogP contribution in [0.25, 0.3) is 0 Å². The van der Waals surface area contributed by atoms with E-state index in [1.54, 1.807) is 30.1 Å². The van der Waals surface area contributed by atoms with Crippen LogP contribution in [0.3, 0.4) is 0 Å². The molecule has 0 saturated carbocycles. The fourth-order valence-corrected chi connectivity index (χ4v) is 3.74. The molecule has 3 N–H and O–H groups in total. The van der Waals surface area contributed by atoms with Crippen LogP contribution in [0.1, 0.15) is 29.4 Å². The molecule has 1 amide bonds. The predicted molar refractivity (Wildman–Crippen MR) is 110 cm³/mol. The number of carbonyl (C=O) groups excluding carboxylic acids is 1. The topological polar surface area (TPSA) is 80.4 Å². The Hall–Kier alpha value is -1.57. The van der Waals surface area contributed by atoms with E-state index < -0.39 is 0 Å². The van der Waals surface area contributed by atoms with Gasteiger partial charge >= 0.3 is 0 Å². The SMILES string of the molecule is CC1(c2cccc(NC(=O)c3ccc(Br)cn3)c2)CCSC(N)=N1.Cl. The third-order valence-electron chi connectivity index (χ3n) is 3.90. The first-order chi connectivity index (χ1) is 11.5. The first-order valence-electron chi connectivity index (χ1n) is 7.48. The summed E-state index contributed by atoms with van der Waals surface area (Å²) >= 11 is 4.88. The summed E-state index contributed by atoms with van der Waals surface area (Å²) < 4.78 is 0.833. The number of amides is 1. The highest BCUT2D eigenvalue weighted by Gasteiger charge is 2.29. The molecule has 1 aliphatic rings. The molecule has 2 heterocycles. The Morgan fingerprint density at radius 2 is 2.16 bits per heavy atom. The van der Waals surface area contributed by atoms with Crippen LogP contribution in [0.2, 0.25) is 0 Å². The van der Waals surface area contributed by atoms with E-state index in [-0.39, 0.29) is 23.9 Å². The van der Waals surface area contributed by atoms with Crippen LogP contribution in [0.5, 0.6) is 0 Å². The van der Waals surface area contributed by atoms with Crippen LogP contribution in [0.15, 0.2) is 52.1 Å². The summed E-state index contributed by atoms with van der Waals surface area (Å²) in [6.45, 7) is 2.07. The van der Waals surface area contributed by atoms with Crippen molar-refractivity contribution in [2.24, 2.45) is 10.7 Å². The molecule has 1 aliphatic heterocycles. The van der Waals surface area contributed by atoms with E-state index >= 15 is 0 Å². The second-order valence-corrected chi connectivity index (χ2v) is 7.75. The molecular formula is C17H18BrClN4OS.